The van der Waals surface area contributed by atoms with Crippen LogP contribution < -0.4 is 21.5 Å². The summed E-state index contributed by atoms with van der Waals surface area (Å²) in [4.78, 5) is 26.1. The number of aliphatic hydroxyl groups is 3. The molecule has 3 aliphatic rings. The van der Waals surface area contributed by atoms with Crippen LogP contribution in [0.25, 0.3) is 22.3 Å². The Morgan fingerprint density at radius 3 is 2.07 bits per heavy atom. The molecule has 45 heavy (non-hydrogen) atoms. The minimum atomic E-state index is -3.96. The second-order valence-electron chi connectivity index (χ2n) is 10.7. The van der Waals surface area contributed by atoms with Crippen molar-refractivity contribution in [1.29, 1.82) is 0 Å². The number of thiol groups is 1. The zero-order valence-electron chi connectivity index (χ0n) is 23.4. The van der Waals surface area contributed by atoms with Gasteiger partial charge in [0.25, 0.3) is 0 Å². The van der Waals surface area contributed by atoms with Gasteiger partial charge in [0.2, 0.25) is 0 Å². The van der Waals surface area contributed by atoms with Crippen LogP contribution in [0, 0.1) is 0 Å². The maximum Gasteiger partial charge on any atom is 0.324 e. The van der Waals surface area contributed by atoms with Gasteiger partial charge in [-0.1, -0.05) is 24.4 Å². The Kier molecular flexibility index (Phi) is 8.19. The van der Waals surface area contributed by atoms with E-state index in [9.17, 15) is 19.9 Å². The predicted molar refractivity (Wildman–Crippen MR) is 161 cm³/mol. The molecule has 7 heterocycles. The molecular weight excluding hydrogens is 631 g/mol. The largest absolute Gasteiger partial charge is 0.394 e. The lowest BCUT2D eigenvalue weighted by molar-refractivity contribution is -0.0489. The van der Waals surface area contributed by atoms with E-state index in [4.69, 9.17) is 19.7 Å². The standard InChI is InChI=1S/C24H31N12O7PS/c25-13-12-6-41-44(40,45)34-14-11(5-37)42-24(18(14)39)36-10-33-16-20(29-8-31-22(16)36)27-4-2-1-3-26-19-15-21(30-7-28-19)35(9-32-15)23(43-12)17(13)38/h1-2,7-14,17-18,23-24,37-39H,3-6,25H2,(H,26,28,30)(H,27,29,31)(H2,34,40,45)/b2-1+/t11?,12?,13-,14-,17-,18-,23-,24-,44+/m1/s1. The van der Waals surface area contributed by atoms with Crippen molar-refractivity contribution in [3.05, 3.63) is 37.5 Å². The van der Waals surface area contributed by atoms with Gasteiger partial charge in [-0.15, -0.1) is 0 Å². The lowest BCUT2D eigenvalue weighted by Gasteiger charge is -2.25. The lowest BCUT2D eigenvalue weighted by Crippen LogP contribution is -2.44. The molecule has 4 aromatic rings. The van der Waals surface area contributed by atoms with E-state index in [0.29, 0.717) is 47.1 Å². The summed E-state index contributed by atoms with van der Waals surface area (Å²) in [6.45, 7) is -3.97. The molecule has 0 aromatic carbocycles. The number of ether oxygens (including phenoxy) is 2. The smallest absolute Gasteiger partial charge is 0.324 e. The first kappa shape index (κ1) is 30.4. The molecule has 2 fully saturated rings. The summed E-state index contributed by atoms with van der Waals surface area (Å²) in [5.41, 5.74) is 7.93. The van der Waals surface area contributed by atoms with E-state index in [2.05, 4.69) is 57.9 Å². The molecule has 0 radical (unpaired) electrons. The average Bonchev–Trinajstić information content (AvgIpc) is 3.79. The molecule has 240 valence electrons. The van der Waals surface area contributed by atoms with Crippen molar-refractivity contribution in [3.8, 4) is 0 Å². The first-order chi connectivity index (χ1) is 21.8. The highest BCUT2D eigenvalue weighted by molar-refractivity contribution is 8.45. The number of aliphatic hydroxyl groups excluding tert-OH is 3. The normalized spacial score (nSPS) is 35.0. The van der Waals surface area contributed by atoms with Crippen LogP contribution in [-0.4, -0.2) is 117 Å². The van der Waals surface area contributed by atoms with E-state index in [1.165, 1.54) is 29.9 Å². The Labute approximate surface area is 259 Å². The summed E-state index contributed by atoms with van der Waals surface area (Å²) in [7, 11) is 0. The summed E-state index contributed by atoms with van der Waals surface area (Å²) in [5.74, 6) is 0.938. The first-order valence-corrected chi connectivity index (χ1v) is 16.8. The minimum Gasteiger partial charge on any atom is -0.394 e. The highest BCUT2D eigenvalue weighted by atomic mass is 32.7. The molecule has 0 aliphatic carbocycles. The summed E-state index contributed by atoms with van der Waals surface area (Å²) in [6.07, 6.45) is 3.00. The van der Waals surface area contributed by atoms with Gasteiger partial charge in [-0.3, -0.25) is 13.7 Å². The highest BCUT2D eigenvalue weighted by Crippen LogP contribution is 2.50. The van der Waals surface area contributed by atoms with E-state index in [1.54, 1.807) is 4.57 Å². The molecule has 3 aliphatic heterocycles. The number of aromatic nitrogens is 8. The molecule has 2 unspecified atom stereocenters. The summed E-state index contributed by atoms with van der Waals surface area (Å²) >= 11 is 4.20. The van der Waals surface area contributed by atoms with Crippen molar-refractivity contribution in [2.75, 3.05) is 36.9 Å². The highest BCUT2D eigenvalue weighted by Gasteiger charge is 2.48. The van der Waals surface area contributed by atoms with Gasteiger partial charge in [0, 0.05) is 13.1 Å². The molecule has 8 N–H and O–H groups in total. The van der Waals surface area contributed by atoms with Gasteiger partial charge in [0.05, 0.1) is 38.0 Å². The van der Waals surface area contributed by atoms with Gasteiger partial charge in [0.1, 0.15) is 37.1 Å². The number of nitrogens with one attached hydrogen (secondary N) is 3. The predicted octanol–water partition coefficient (Wildman–Crippen LogP) is -1.09. The Morgan fingerprint density at radius 1 is 0.911 bits per heavy atom. The molecule has 21 heteroatoms. The van der Waals surface area contributed by atoms with Crippen molar-refractivity contribution >= 4 is 52.9 Å². The molecule has 0 spiro atoms. The van der Waals surface area contributed by atoms with E-state index < -0.39 is 62.3 Å². The zero-order chi connectivity index (χ0) is 31.3. The topological polar surface area (TPSA) is 255 Å². The molecule has 0 saturated carbocycles. The van der Waals surface area contributed by atoms with E-state index in [-0.39, 0.29) is 6.61 Å². The van der Waals surface area contributed by atoms with Crippen LogP contribution in [0.3, 0.4) is 0 Å². The van der Waals surface area contributed by atoms with Crippen molar-refractivity contribution in [2.45, 2.75) is 49.0 Å². The van der Waals surface area contributed by atoms with Gasteiger partial charge >= 0.3 is 6.72 Å². The second-order valence-corrected chi connectivity index (χ2v) is 13.8. The summed E-state index contributed by atoms with van der Waals surface area (Å²) in [6, 6.07) is -1.99. The van der Waals surface area contributed by atoms with Crippen LogP contribution in [0.1, 0.15) is 12.5 Å². The zero-order valence-corrected chi connectivity index (χ0v) is 25.2. The van der Waals surface area contributed by atoms with Crippen LogP contribution in [0.5, 0.6) is 0 Å². The molecule has 0 amide bonds. The van der Waals surface area contributed by atoms with Gasteiger partial charge in [0.15, 0.2) is 46.4 Å². The van der Waals surface area contributed by atoms with Crippen LogP contribution in [0.15, 0.2) is 37.5 Å². The third kappa shape index (κ3) is 5.56. The third-order valence-corrected chi connectivity index (χ3v) is 9.73. The Bertz CT molecular complexity index is 1770. The molecular formula is C24H31N12O7PS. The van der Waals surface area contributed by atoms with Gasteiger partial charge in [-0.2, -0.15) is 0 Å². The number of hydrogen-bond acceptors (Lipinski definition) is 16. The molecule has 12 bridgehead atoms. The third-order valence-electron chi connectivity index (χ3n) is 7.92. The number of nitrogens with two attached hydrogens (primary N) is 1. The summed E-state index contributed by atoms with van der Waals surface area (Å²) in [5, 5.41) is 41.4. The fourth-order valence-corrected chi connectivity index (χ4v) is 7.36. The fraction of sp³-hybridized carbons (Fsp3) is 0.500. The number of nitrogens with zero attached hydrogens (tertiary/aromatic N) is 8. The van der Waals surface area contributed by atoms with Crippen LogP contribution in [0.4, 0.5) is 11.6 Å². The molecule has 19 nitrogen and oxygen atoms in total. The van der Waals surface area contributed by atoms with Crippen LogP contribution >= 0.6 is 19.0 Å². The van der Waals surface area contributed by atoms with Crippen LogP contribution in [-0.2, 0) is 18.6 Å². The number of hydrogen-bond donors (Lipinski definition) is 8. The Balaban J connectivity index is 1.21. The first-order valence-electron chi connectivity index (χ1n) is 14.0. The second kappa shape index (κ2) is 12.1. The van der Waals surface area contributed by atoms with Crippen LogP contribution in [0.2, 0.25) is 0 Å². The van der Waals surface area contributed by atoms with Crippen molar-refractivity contribution < 1.29 is 33.9 Å². The minimum absolute atomic E-state index is 0.320. The molecule has 7 rings (SSSR count). The Morgan fingerprint density at radius 2 is 1.49 bits per heavy atom. The van der Waals surface area contributed by atoms with Gasteiger partial charge in [-0.05, 0) is 0 Å². The molecule has 2 saturated heterocycles. The summed E-state index contributed by atoms with van der Waals surface area (Å²) < 4.78 is 34.1. The van der Waals surface area contributed by atoms with E-state index in [1.807, 2.05) is 12.2 Å². The lowest BCUT2D eigenvalue weighted by atomic mass is 10.1. The van der Waals surface area contributed by atoms with Crippen molar-refractivity contribution in [3.63, 3.8) is 0 Å². The Hall–Kier alpha value is -3.30. The average molecular weight is 663 g/mol. The maximum atomic E-state index is 13.5. The van der Waals surface area contributed by atoms with Gasteiger partial charge in [-0.25, -0.2) is 35.0 Å². The maximum absolute atomic E-state index is 13.5. The SMILES string of the molecule is N[C@@H]1C2CO[P@](=O)(S)N[C@@H]3C(CO)O[C@H]([C@@H]3O)n3cnc4c(ncnc43)NC/C=C/CNc3ncnc4c3ncn4[C@H](O2)[C@@H]1O. The van der Waals surface area contributed by atoms with Crippen molar-refractivity contribution in [2.24, 2.45) is 5.73 Å². The van der Waals surface area contributed by atoms with Gasteiger partial charge < -0.3 is 45.7 Å². The van der Waals surface area contributed by atoms with E-state index in [0.717, 1.165) is 0 Å². The molecule has 9 atom stereocenters. The number of anilines is 2. The fourth-order valence-electron chi connectivity index (χ4n) is 5.64. The number of imidazole rings is 2. The number of fused-ring (bicyclic) bond motifs is 6. The van der Waals surface area contributed by atoms with Crippen molar-refractivity contribution in [1.82, 2.24) is 44.1 Å². The van der Waals surface area contributed by atoms with E-state index >= 15 is 0 Å². The molecule has 4 aromatic heterocycles. The quantitative estimate of drug-likeness (QED) is 0.0684. The monoisotopic (exact) mass is 662 g/mol. The number of rotatable bonds is 1.